The molecule has 0 saturated heterocycles. The van der Waals surface area contributed by atoms with Crippen molar-refractivity contribution in [1.29, 1.82) is 0 Å². The number of rotatable bonds is 8. The topological polar surface area (TPSA) is 139 Å². The van der Waals surface area contributed by atoms with E-state index in [0.717, 1.165) is 27.1 Å². The maximum absolute atomic E-state index is 14.7. The number of carbonyl (C=O) groups excluding carboxylic acids is 3. The van der Waals surface area contributed by atoms with Gasteiger partial charge in [0.25, 0.3) is 5.91 Å². The predicted molar refractivity (Wildman–Crippen MR) is 184 cm³/mol. The Hall–Kier alpha value is -3.97. The maximum atomic E-state index is 14.7. The predicted octanol–water partition coefficient (Wildman–Crippen LogP) is 4.71. The van der Waals surface area contributed by atoms with Crippen LogP contribution in [0.2, 0.25) is 0 Å². The molecule has 46 heavy (non-hydrogen) atoms. The zero-order valence-electron chi connectivity index (χ0n) is 25.6. The Morgan fingerprint density at radius 2 is 1.70 bits per heavy atom. The van der Waals surface area contributed by atoms with Crippen molar-refractivity contribution in [1.82, 2.24) is 5.32 Å². The van der Waals surface area contributed by atoms with E-state index in [4.69, 9.17) is 10.5 Å². The standard InChI is InChI=1S/C33H33BrN4O6S.ClH/c1-33(36-2,32(35)41)26-19-38(30(39)20-9-13-23(14-10-20)45(4,42)43)28-8-6-5-7-27(28)37(31(26)40)18-25-24-15-12-22(34)17-21(24)11-16-29(25)44-3;/h5-17,26,36H,18-19H2,1-4H3,(H2,35,41);1H/t26-,33?;/m1./s1. The lowest BCUT2D eigenvalue weighted by Crippen LogP contribution is -2.63. The quantitative estimate of drug-likeness (QED) is 0.268. The van der Waals surface area contributed by atoms with Crippen molar-refractivity contribution in [2.75, 3.05) is 36.8 Å². The fourth-order valence-corrected chi connectivity index (χ4v) is 6.71. The van der Waals surface area contributed by atoms with E-state index in [1.807, 2.05) is 30.3 Å². The van der Waals surface area contributed by atoms with E-state index < -0.39 is 39.0 Å². The second-order valence-electron chi connectivity index (χ2n) is 11.1. The van der Waals surface area contributed by atoms with E-state index in [0.29, 0.717) is 17.1 Å². The largest absolute Gasteiger partial charge is 0.496 e. The highest BCUT2D eigenvalue weighted by Crippen LogP contribution is 2.40. The number of nitrogens with two attached hydrogens (primary N) is 1. The fraction of sp³-hybridized carbons (Fsp3) is 0.242. The lowest BCUT2D eigenvalue weighted by atomic mass is 9.83. The third-order valence-corrected chi connectivity index (χ3v) is 10.1. The first-order valence-electron chi connectivity index (χ1n) is 14.1. The second kappa shape index (κ2) is 13.4. The number of likely N-dealkylation sites (N-methyl/N-ethyl adjacent to an activating group) is 1. The van der Waals surface area contributed by atoms with Gasteiger partial charge in [-0.25, -0.2) is 8.42 Å². The van der Waals surface area contributed by atoms with Crippen LogP contribution in [0.3, 0.4) is 0 Å². The van der Waals surface area contributed by atoms with Gasteiger partial charge in [0.05, 0.1) is 35.8 Å². The molecule has 0 saturated carbocycles. The summed E-state index contributed by atoms with van der Waals surface area (Å²) in [5, 5.41) is 4.74. The molecule has 5 rings (SSSR count). The first-order chi connectivity index (χ1) is 21.3. The average molecular weight is 730 g/mol. The first kappa shape index (κ1) is 34.9. The number of ether oxygens (including phenoxy) is 1. The van der Waals surface area contributed by atoms with Gasteiger partial charge in [0.1, 0.15) is 11.3 Å². The van der Waals surface area contributed by atoms with Crippen LogP contribution in [-0.4, -0.2) is 58.6 Å². The molecule has 1 unspecified atom stereocenters. The van der Waals surface area contributed by atoms with Gasteiger partial charge < -0.3 is 25.6 Å². The average Bonchev–Trinajstić information content (AvgIpc) is 3.14. The summed E-state index contributed by atoms with van der Waals surface area (Å²) in [7, 11) is -0.378. The number of benzene rings is 4. The zero-order valence-corrected chi connectivity index (χ0v) is 28.8. The molecule has 0 bridgehead atoms. The number of nitrogens with one attached hydrogen (secondary N) is 1. The van der Waals surface area contributed by atoms with Crippen molar-refractivity contribution in [3.05, 3.63) is 94.5 Å². The van der Waals surface area contributed by atoms with Gasteiger partial charge in [-0.2, -0.15) is 0 Å². The van der Waals surface area contributed by atoms with Crippen molar-refractivity contribution in [3.63, 3.8) is 0 Å². The van der Waals surface area contributed by atoms with Crippen LogP contribution in [0.4, 0.5) is 11.4 Å². The summed E-state index contributed by atoms with van der Waals surface area (Å²) in [6.45, 7) is 1.43. The number of halogens is 2. The van der Waals surface area contributed by atoms with E-state index in [9.17, 15) is 22.8 Å². The molecular formula is C33H34BrClN4O6S. The van der Waals surface area contributed by atoms with Crippen LogP contribution in [-0.2, 0) is 26.0 Å². The molecule has 0 radical (unpaired) electrons. The van der Waals surface area contributed by atoms with Gasteiger partial charge in [-0.05, 0) is 79.3 Å². The molecule has 242 valence electrons. The van der Waals surface area contributed by atoms with Crippen LogP contribution in [0.5, 0.6) is 5.75 Å². The number of hydrogen-bond donors (Lipinski definition) is 2. The fourth-order valence-electron chi connectivity index (χ4n) is 5.70. The highest BCUT2D eigenvalue weighted by Gasteiger charge is 2.49. The van der Waals surface area contributed by atoms with Crippen molar-refractivity contribution in [3.8, 4) is 5.75 Å². The molecule has 4 aromatic rings. The van der Waals surface area contributed by atoms with Gasteiger partial charge in [-0.15, -0.1) is 12.4 Å². The SMILES string of the molecule is CNC(C)(C(N)=O)[C@@H]1CN(C(=O)c2ccc(S(C)(=O)=O)cc2)c2ccccc2N(Cc2c(OC)ccc3cc(Br)ccc23)C1=O.Cl. The summed E-state index contributed by atoms with van der Waals surface area (Å²) in [6, 6.07) is 22.2. The maximum Gasteiger partial charge on any atom is 0.258 e. The first-order valence-corrected chi connectivity index (χ1v) is 16.7. The highest BCUT2D eigenvalue weighted by molar-refractivity contribution is 9.10. The van der Waals surface area contributed by atoms with Gasteiger partial charge in [0.15, 0.2) is 9.84 Å². The van der Waals surface area contributed by atoms with Crippen LogP contribution >= 0.6 is 28.3 Å². The number of sulfone groups is 1. The molecule has 0 spiro atoms. The smallest absolute Gasteiger partial charge is 0.258 e. The lowest BCUT2D eigenvalue weighted by molar-refractivity contribution is -0.133. The van der Waals surface area contributed by atoms with E-state index in [1.165, 1.54) is 29.2 Å². The lowest BCUT2D eigenvalue weighted by Gasteiger charge is -2.36. The zero-order chi connectivity index (χ0) is 32.7. The number of methoxy groups -OCH3 is 1. The van der Waals surface area contributed by atoms with Crippen molar-refractivity contribution >= 4 is 78.0 Å². The van der Waals surface area contributed by atoms with Crippen LogP contribution in [0.25, 0.3) is 10.8 Å². The number of fused-ring (bicyclic) bond motifs is 2. The van der Waals surface area contributed by atoms with Crippen LogP contribution < -0.4 is 25.6 Å². The minimum Gasteiger partial charge on any atom is -0.496 e. The van der Waals surface area contributed by atoms with E-state index in [-0.39, 0.29) is 36.0 Å². The molecule has 13 heteroatoms. The Kier molecular flexibility index (Phi) is 10.2. The molecule has 4 aromatic carbocycles. The molecule has 0 fully saturated rings. The van der Waals surface area contributed by atoms with Gasteiger partial charge in [0.2, 0.25) is 11.8 Å². The Bertz CT molecular complexity index is 1940. The molecule has 1 aliphatic rings. The van der Waals surface area contributed by atoms with Gasteiger partial charge in [0, 0.05) is 28.4 Å². The number of amides is 3. The molecule has 10 nitrogen and oxygen atoms in total. The second-order valence-corrected chi connectivity index (χ2v) is 14.0. The molecule has 2 atom stereocenters. The molecule has 0 aliphatic carbocycles. The van der Waals surface area contributed by atoms with Crippen molar-refractivity contribution in [2.45, 2.75) is 23.9 Å². The number of carbonyl (C=O) groups is 3. The summed E-state index contributed by atoms with van der Waals surface area (Å²) in [4.78, 5) is 44.9. The number of anilines is 2. The Labute approximate surface area is 282 Å². The third kappa shape index (κ3) is 6.35. The summed E-state index contributed by atoms with van der Waals surface area (Å²) in [5.41, 5.74) is 6.20. The van der Waals surface area contributed by atoms with Gasteiger partial charge in [-0.3, -0.25) is 14.4 Å². The van der Waals surface area contributed by atoms with Crippen LogP contribution in [0, 0.1) is 5.92 Å². The Balaban J connectivity index is 0.00000480. The Morgan fingerprint density at radius 3 is 2.28 bits per heavy atom. The van der Waals surface area contributed by atoms with E-state index in [1.54, 1.807) is 50.2 Å². The summed E-state index contributed by atoms with van der Waals surface area (Å²) in [5.74, 6) is -2.19. The summed E-state index contributed by atoms with van der Waals surface area (Å²) >= 11 is 3.52. The summed E-state index contributed by atoms with van der Waals surface area (Å²) in [6.07, 6.45) is 1.09. The highest BCUT2D eigenvalue weighted by atomic mass is 79.9. The van der Waals surface area contributed by atoms with Gasteiger partial charge in [-0.1, -0.05) is 40.2 Å². The number of hydrogen-bond acceptors (Lipinski definition) is 7. The number of nitrogens with zero attached hydrogens (tertiary/aromatic N) is 2. The Morgan fingerprint density at radius 1 is 1.04 bits per heavy atom. The number of primary amides is 1. The normalized spacial score (nSPS) is 16.2. The molecular weight excluding hydrogens is 696 g/mol. The van der Waals surface area contributed by atoms with Crippen molar-refractivity contribution < 1.29 is 27.5 Å². The third-order valence-electron chi connectivity index (χ3n) is 8.48. The van der Waals surface area contributed by atoms with Gasteiger partial charge >= 0.3 is 0 Å². The molecule has 1 aliphatic heterocycles. The number of para-hydroxylation sites is 2. The monoisotopic (exact) mass is 728 g/mol. The van der Waals surface area contributed by atoms with Crippen molar-refractivity contribution in [2.24, 2.45) is 11.7 Å². The minimum atomic E-state index is -3.48. The molecule has 0 aromatic heterocycles. The summed E-state index contributed by atoms with van der Waals surface area (Å²) < 4.78 is 30.7. The molecule has 3 N–H and O–H groups in total. The van der Waals surface area contributed by atoms with Crippen LogP contribution in [0.15, 0.2) is 88.2 Å². The molecule has 1 heterocycles. The molecule has 3 amide bonds. The minimum absolute atomic E-state index is 0. The van der Waals surface area contributed by atoms with E-state index in [2.05, 4.69) is 21.2 Å². The van der Waals surface area contributed by atoms with E-state index >= 15 is 0 Å². The van der Waals surface area contributed by atoms with Crippen LogP contribution in [0.1, 0.15) is 22.8 Å².